The Labute approximate surface area is 437 Å². The number of aliphatic hydroxyl groups excluding tert-OH is 2. The highest BCUT2D eigenvalue weighted by Gasteiger charge is 2.22. The van der Waals surface area contributed by atoms with Crippen LogP contribution in [0.4, 0.5) is 0 Å². The number of aliphatic hydroxyl groups is 2. The number of benzene rings is 9. The Kier molecular flexibility index (Phi) is 16.0. The number of rotatable bonds is 18. The highest BCUT2D eigenvalue weighted by Crippen LogP contribution is 2.37. The van der Waals surface area contributed by atoms with Gasteiger partial charge in [-0.1, -0.05) is 109 Å². The van der Waals surface area contributed by atoms with Gasteiger partial charge in [0, 0.05) is 12.1 Å². The number of methoxy groups -OCH3 is 2. The molecule has 0 radical (unpaired) electrons. The molecule has 9 aromatic rings. The first-order chi connectivity index (χ1) is 37.1. The summed E-state index contributed by atoms with van der Waals surface area (Å²) in [5, 5.41) is 20.2. The lowest BCUT2D eigenvalue weighted by Crippen LogP contribution is -2.13. The van der Waals surface area contributed by atoms with Gasteiger partial charge in [-0.05, 0) is 135 Å². The smallest absolute Gasteiger partial charge is 0.347 e. The molecule has 13 heteroatoms. The van der Waals surface area contributed by atoms with Crippen molar-refractivity contribution in [3.63, 3.8) is 0 Å². The third-order valence-electron chi connectivity index (χ3n) is 12.2. The van der Waals surface area contributed by atoms with Gasteiger partial charge < -0.3 is 43.4 Å². The Morgan fingerprint density at radius 1 is 0.368 bits per heavy atom. The van der Waals surface area contributed by atoms with Gasteiger partial charge in [0.15, 0.2) is 11.5 Å². The normalized spacial score (nSPS) is 10.7. The molecule has 0 heterocycles. The molecule has 0 atom stereocenters. The molecule has 0 bridgehead atoms. The SMILES string of the molecule is COc1cc(C(=O)Oc2ccc(-c3ccc(C(=O)Oc4ccc(OC(=O)c5ccc(-c6ccc(OC(=O)c7cc(CO)c(-c8ccccc8)cc7CO)cc6)cc5)cc4)cc3)cc2)c(OC)cc1OCc1ccccc1. The second kappa shape index (κ2) is 23.8. The molecule has 0 saturated carbocycles. The molecular formula is C63H48O13. The molecule has 0 aliphatic carbocycles. The van der Waals surface area contributed by atoms with E-state index in [4.69, 9.17) is 33.2 Å². The maximum Gasteiger partial charge on any atom is 0.347 e. The monoisotopic (exact) mass is 1010 g/mol. The van der Waals surface area contributed by atoms with Crippen LogP contribution in [0.15, 0.2) is 206 Å². The van der Waals surface area contributed by atoms with Gasteiger partial charge in [-0.2, -0.15) is 0 Å². The van der Waals surface area contributed by atoms with Crippen molar-refractivity contribution in [2.75, 3.05) is 14.2 Å². The number of hydrogen-bond acceptors (Lipinski definition) is 13. The van der Waals surface area contributed by atoms with E-state index in [0.29, 0.717) is 51.7 Å². The second-order valence-electron chi connectivity index (χ2n) is 17.1. The summed E-state index contributed by atoms with van der Waals surface area (Å²) in [7, 11) is 2.94. The third kappa shape index (κ3) is 12.2. The predicted molar refractivity (Wildman–Crippen MR) is 284 cm³/mol. The van der Waals surface area contributed by atoms with Crippen molar-refractivity contribution in [2.24, 2.45) is 0 Å². The van der Waals surface area contributed by atoms with Crippen LogP contribution in [0.2, 0.25) is 0 Å². The molecule has 0 fully saturated rings. The summed E-state index contributed by atoms with van der Waals surface area (Å²) in [6, 6.07) is 58.9. The number of carbonyl (C=O) groups is 4. The van der Waals surface area contributed by atoms with E-state index in [1.54, 1.807) is 115 Å². The largest absolute Gasteiger partial charge is 0.496 e. The average Bonchev–Trinajstić information content (AvgIpc) is 3.47. The minimum absolute atomic E-state index is 0.150. The van der Waals surface area contributed by atoms with Crippen molar-refractivity contribution in [1.82, 2.24) is 0 Å². The average molecular weight is 1010 g/mol. The van der Waals surface area contributed by atoms with Crippen molar-refractivity contribution in [3.05, 3.63) is 245 Å². The third-order valence-corrected chi connectivity index (χ3v) is 12.2. The first-order valence-corrected chi connectivity index (χ1v) is 23.8. The van der Waals surface area contributed by atoms with Crippen LogP contribution in [0.25, 0.3) is 33.4 Å². The summed E-state index contributed by atoms with van der Waals surface area (Å²) in [6.07, 6.45) is 0. The Hall–Kier alpha value is -9.82. The van der Waals surface area contributed by atoms with Gasteiger partial charge in [-0.3, -0.25) is 0 Å². The molecule has 378 valence electrons. The lowest BCUT2D eigenvalue weighted by atomic mass is 9.94. The van der Waals surface area contributed by atoms with Crippen LogP contribution in [0.5, 0.6) is 40.2 Å². The summed E-state index contributed by atoms with van der Waals surface area (Å²) < 4.78 is 39.5. The van der Waals surface area contributed by atoms with Gasteiger partial charge in [0.05, 0.1) is 44.1 Å². The van der Waals surface area contributed by atoms with E-state index in [2.05, 4.69) is 0 Å². The van der Waals surface area contributed by atoms with Gasteiger partial charge in [0.25, 0.3) is 0 Å². The Morgan fingerprint density at radius 2 is 0.776 bits per heavy atom. The molecule has 0 aromatic heterocycles. The van der Waals surface area contributed by atoms with Crippen molar-refractivity contribution < 1.29 is 62.5 Å². The fourth-order valence-electron chi connectivity index (χ4n) is 8.16. The number of hydrogen-bond donors (Lipinski definition) is 2. The van der Waals surface area contributed by atoms with Crippen molar-refractivity contribution in [1.29, 1.82) is 0 Å². The van der Waals surface area contributed by atoms with Crippen molar-refractivity contribution in [2.45, 2.75) is 19.8 Å². The molecule has 13 nitrogen and oxygen atoms in total. The van der Waals surface area contributed by atoms with Crippen LogP contribution in [0, 0.1) is 0 Å². The molecular weight excluding hydrogens is 965 g/mol. The first kappa shape index (κ1) is 51.1. The summed E-state index contributed by atoms with van der Waals surface area (Å²) in [4.78, 5) is 52.7. The molecule has 0 saturated heterocycles. The van der Waals surface area contributed by atoms with Gasteiger partial charge >= 0.3 is 23.9 Å². The van der Waals surface area contributed by atoms with Crippen LogP contribution < -0.4 is 33.2 Å². The minimum atomic E-state index is -0.674. The lowest BCUT2D eigenvalue weighted by molar-refractivity contribution is 0.0719. The maximum atomic E-state index is 13.3. The van der Waals surface area contributed by atoms with Gasteiger partial charge in [0.2, 0.25) is 0 Å². The van der Waals surface area contributed by atoms with E-state index in [9.17, 15) is 29.4 Å². The second-order valence-corrected chi connectivity index (χ2v) is 17.1. The van der Waals surface area contributed by atoms with Crippen LogP contribution in [-0.4, -0.2) is 48.3 Å². The Morgan fingerprint density at radius 3 is 1.22 bits per heavy atom. The molecule has 0 aliphatic rings. The highest BCUT2D eigenvalue weighted by molar-refractivity contribution is 5.96. The Balaban J connectivity index is 0.748. The van der Waals surface area contributed by atoms with E-state index >= 15 is 0 Å². The van der Waals surface area contributed by atoms with Crippen molar-refractivity contribution >= 4 is 23.9 Å². The molecule has 2 N–H and O–H groups in total. The minimum Gasteiger partial charge on any atom is -0.496 e. The zero-order valence-electron chi connectivity index (χ0n) is 41.1. The molecule has 9 rings (SSSR count). The van der Waals surface area contributed by atoms with Crippen LogP contribution in [0.1, 0.15) is 58.1 Å². The van der Waals surface area contributed by atoms with Crippen molar-refractivity contribution in [3.8, 4) is 73.6 Å². The predicted octanol–water partition coefficient (Wildman–Crippen LogP) is 12.1. The van der Waals surface area contributed by atoms with E-state index in [1.807, 2.05) is 60.7 Å². The fraction of sp³-hybridized carbons (Fsp3) is 0.0794. The van der Waals surface area contributed by atoms with E-state index in [0.717, 1.165) is 33.4 Å². The quantitative estimate of drug-likeness (QED) is 0.0614. The first-order valence-electron chi connectivity index (χ1n) is 23.8. The highest BCUT2D eigenvalue weighted by atomic mass is 16.6. The van der Waals surface area contributed by atoms with Gasteiger partial charge in [-0.15, -0.1) is 0 Å². The molecule has 76 heavy (non-hydrogen) atoms. The topological polar surface area (TPSA) is 173 Å². The number of carbonyl (C=O) groups excluding carboxylic acids is 4. The standard InChI is InChI=1S/C63H48O13/c1-70-57-36-59(72-39-40-9-5-3-6-10-40)58(71-2)35-56(57)63(69)76-51-27-23-44(24-28-51)42-15-19-47(20-16-42)61(67)74-53-31-29-52(30-32-53)73-60(66)46-17-13-41(14-18-46)43-21-25-50(26-22-43)75-62(68)55-34-48(37-64)54(33-49(55)38-65)45-11-7-4-8-12-45/h3-36,64-65H,37-39H2,1-2H3. The fourth-order valence-corrected chi connectivity index (χ4v) is 8.16. The van der Waals surface area contributed by atoms with Crippen LogP contribution in [-0.2, 0) is 19.8 Å². The summed E-state index contributed by atoms with van der Waals surface area (Å²) in [5.74, 6) is -0.405. The summed E-state index contributed by atoms with van der Waals surface area (Å²) in [5.41, 5.74) is 7.56. The number of esters is 4. The molecule has 0 spiro atoms. The van der Waals surface area contributed by atoms with Gasteiger partial charge in [0.1, 0.15) is 40.9 Å². The maximum absolute atomic E-state index is 13.3. The molecule has 0 unspecified atom stereocenters. The molecule has 0 aliphatic heterocycles. The van der Waals surface area contributed by atoms with E-state index in [1.165, 1.54) is 44.6 Å². The summed E-state index contributed by atoms with van der Waals surface area (Å²) in [6.45, 7) is -0.407. The number of ether oxygens (including phenoxy) is 7. The zero-order chi connectivity index (χ0) is 53.0. The van der Waals surface area contributed by atoms with Crippen LogP contribution in [0.3, 0.4) is 0 Å². The van der Waals surface area contributed by atoms with E-state index < -0.39 is 30.5 Å². The Bertz CT molecular complexity index is 3490. The molecule has 9 aromatic carbocycles. The lowest BCUT2D eigenvalue weighted by Gasteiger charge is -2.15. The van der Waals surface area contributed by atoms with E-state index in [-0.39, 0.29) is 40.7 Å². The zero-order valence-corrected chi connectivity index (χ0v) is 41.1. The summed E-state index contributed by atoms with van der Waals surface area (Å²) >= 11 is 0. The van der Waals surface area contributed by atoms with Crippen LogP contribution >= 0.6 is 0 Å². The van der Waals surface area contributed by atoms with Gasteiger partial charge in [-0.25, -0.2) is 19.2 Å². The molecule has 0 amide bonds.